The van der Waals surface area contributed by atoms with Gasteiger partial charge in [-0.2, -0.15) is 0 Å². The summed E-state index contributed by atoms with van der Waals surface area (Å²) in [5.74, 6) is -0.964. The van der Waals surface area contributed by atoms with Crippen molar-refractivity contribution in [3.63, 3.8) is 0 Å². The average Bonchev–Trinajstić information content (AvgIpc) is 2.53. The fourth-order valence-electron chi connectivity index (χ4n) is 2.16. The van der Waals surface area contributed by atoms with Gasteiger partial charge in [0.1, 0.15) is 0 Å². The van der Waals surface area contributed by atoms with Gasteiger partial charge in [-0.3, -0.25) is 9.59 Å². The van der Waals surface area contributed by atoms with Crippen LogP contribution in [0.3, 0.4) is 0 Å². The molecule has 0 aliphatic rings. The van der Waals surface area contributed by atoms with Gasteiger partial charge in [0, 0.05) is 39.5 Å². The third-order valence-corrected chi connectivity index (χ3v) is 3.49. The zero-order valence-electron chi connectivity index (χ0n) is 14.1. The van der Waals surface area contributed by atoms with E-state index in [-0.39, 0.29) is 31.3 Å². The Labute approximate surface area is 142 Å². The Morgan fingerprint density at radius 2 is 1.79 bits per heavy atom. The second kappa shape index (κ2) is 10.3. The molecule has 24 heavy (non-hydrogen) atoms. The zero-order chi connectivity index (χ0) is 17.9. The molecule has 0 fully saturated rings. The molecule has 7 heteroatoms. The summed E-state index contributed by atoms with van der Waals surface area (Å²) in [6.07, 6.45) is 1.10. The smallest absolute Gasteiger partial charge is 0.315 e. The molecule has 1 aromatic carbocycles. The van der Waals surface area contributed by atoms with Gasteiger partial charge in [0.25, 0.3) is 0 Å². The highest BCUT2D eigenvalue weighted by atomic mass is 16.4. The number of urea groups is 1. The van der Waals surface area contributed by atoms with Gasteiger partial charge in [-0.15, -0.1) is 0 Å². The minimum Gasteiger partial charge on any atom is -0.481 e. The average molecular weight is 335 g/mol. The maximum atomic E-state index is 11.9. The number of hydrogen-bond acceptors (Lipinski definition) is 3. The summed E-state index contributed by atoms with van der Waals surface area (Å²) in [5, 5.41) is 14.3. The van der Waals surface area contributed by atoms with Crippen molar-refractivity contribution in [2.45, 2.75) is 31.7 Å². The monoisotopic (exact) mass is 335 g/mol. The van der Waals surface area contributed by atoms with Gasteiger partial charge in [-0.1, -0.05) is 30.3 Å². The lowest BCUT2D eigenvalue weighted by Crippen LogP contribution is -2.44. The van der Waals surface area contributed by atoms with E-state index in [0.717, 1.165) is 5.56 Å². The molecular formula is C17H25N3O4. The number of nitrogens with zero attached hydrogens (tertiary/aromatic N) is 1. The summed E-state index contributed by atoms with van der Waals surface area (Å²) >= 11 is 0. The molecular weight excluding hydrogens is 310 g/mol. The highest BCUT2D eigenvalue weighted by Gasteiger charge is 2.15. The van der Waals surface area contributed by atoms with Crippen LogP contribution in [-0.4, -0.2) is 54.6 Å². The van der Waals surface area contributed by atoms with Crippen LogP contribution in [0.15, 0.2) is 30.3 Å². The summed E-state index contributed by atoms with van der Waals surface area (Å²) < 4.78 is 0. The maximum absolute atomic E-state index is 11.9. The number of amides is 3. The van der Waals surface area contributed by atoms with E-state index in [2.05, 4.69) is 10.6 Å². The lowest BCUT2D eigenvalue weighted by atomic mass is 10.0. The fourth-order valence-corrected chi connectivity index (χ4v) is 2.16. The van der Waals surface area contributed by atoms with Crippen LogP contribution in [0.2, 0.25) is 0 Å². The minimum absolute atomic E-state index is 0.0170. The maximum Gasteiger partial charge on any atom is 0.315 e. The topological polar surface area (TPSA) is 98.7 Å². The van der Waals surface area contributed by atoms with E-state index < -0.39 is 12.0 Å². The molecule has 1 atom stereocenters. The van der Waals surface area contributed by atoms with E-state index >= 15 is 0 Å². The summed E-state index contributed by atoms with van der Waals surface area (Å²) in [4.78, 5) is 35.6. The van der Waals surface area contributed by atoms with Crippen LogP contribution in [0.1, 0.15) is 24.8 Å². The molecule has 0 aromatic heterocycles. The SMILES string of the molecule is CN(C)C(=O)CCNC(=O)NC(CCC(=O)O)Cc1ccccc1. The largest absolute Gasteiger partial charge is 0.481 e. The Hall–Kier alpha value is -2.57. The number of carbonyl (C=O) groups is 3. The number of benzene rings is 1. The van der Waals surface area contributed by atoms with Crippen molar-refractivity contribution in [1.82, 2.24) is 15.5 Å². The molecule has 7 nitrogen and oxygen atoms in total. The van der Waals surface area contributed by atoms with E-state index in [0.29, 0.717) is 12.8 Å². The molecule has 0 saturated heterocycles. The molecule has 3 amide bonds. The van der Waals surface area contributed by atoms with Crippen molar-refractivity contribution in [2.75, 3.05) is 20.6 Å². The Morgan fingerprint density at radius 3 is 2.38 bits per heavy atom. The second-order valence-electron chi connectivity index (χ2n) is 5.76. The van der Waals surface area contributed by atoms with Crippen molar-refractivity contribution in [2.24, 2.45) is 0 Å². The number of carboxylic acids is 1. The quantitative estimate of drug-likeness (QED) is 0.632. The molecule has 1 rings (SSSR count). The first kappa shape index (κ1) is 19.5. The minimum atomic E-state index is -0.896. The number of rotatable bonds is 9. The second-order valence-corrected chi connectivity index (χ2v) is 5.76. The third-order valence-electron chi connectivity index (χ3n) is 3.49. The van der Waals surface area contributed by atoms with Gasteiger partial charge in [0.05, 0.1) is 0 Å². The van der Waals surface area contributed by atoms with E-state index in [1.807, 2.05) is 30.3 Å². The highest BCUT2D eigenvalue weighted by Crippen LogP contribution is 2.08. The predicted octanol–water partition coefficient (Wildman–Crippen LogP) is 1.24. The molecule has 1 aromatic rings. The molecule has 1 unspecified atom stereocenters. The van der Waals surface area contributed by atoms with Crippen molar-refractivity contribution >= 4 is 17.9 Å². The van der Waals surface area contributed by atoms with E-state index in [9.17, 15) is 14.4 Å². The van der Waals surface area contributed by atoms with Crippen LogP contribution >= 0.6 is 0 Å². The third kappa shape index (κ3) is 8.17. The molecule has 0 spiro atoms. The molecule has 0 aliphatic carbocycles. The first-order valence-electron chi connectivity index (χ1n) is 7.88. The zero-order valence-corrected chi connectivity index (χ0v) is 14.1. The summed E-state index contributed by atoms with van der Waals surface area (Å²) in [7, 11) is 3.31. The molecule has 0 aliphatic heterocycles. The van der Waals surface area contributed by atoms with Crippen molar-refractivity contribution < 1.29 is 19.5 Å². The Kier molecular flexibility index (Phi) is 8.32. The molecule has 132 valence electrons. The van der Waals surface area contributed by atoms with Crippen molar-refractivity contribution in [1.29, 1.82) is 0 Å². The van der Waals surface area contributed by atoms with E-state index in [4.69, 9.17) is 5.11 Å². The number of carbonyl (C=O) groups excluding carboxylic acids is 2. The highest BCUT2D eigenvalue weighted by molar-refractivity contribution is 5.78. The van der Waals surface area contributed by atoms with Gasteiger partial charge >= 0.3 is 12.0 Å². The molecule has 0 heterocycles. The summed E-state index contributed by atoms with van der Waals surface area (Å²) in [6.45, 7) is 0.236. The van der Waals surface area contributed by atoms with Gasteiger partial charge in [-0.25, -0.2) is 4.79 Å². The Balaban J connectivity index is 2.49. The predicted molar refractivity (Wildman–Crippen MR) is 90.6 cm³/mol. The number of hydrogen-bond donors (Lipinski definition) is 3. The van der Waals surface area contributed by atoms with Crippen molar-refractivity contribution in [3.8, 4) is 0 Å². The first-order chi connectivity index (χ1) is 11.4. The molecule has 0 bridgehead atoms. The normalized spacial score (nSPS) is 11.4. The Bertz CT molecular complexity index is 546. The Morgan fingerprint density at radius 1 is 1.12 bits per heavy atom. The number of carboxylic acid groups (broad SMARTS) is 1. The number of nitrogens with one attached hydrogen (secondary N) is 2. The van der Waals surface area contributed by atoms with Gasteiger partial charge in [-0.05, 0) is 18.4 Å². The first-order valence-corrected chi connectivity index (χ1v) is 7.88. The number of aliphatic carboxylic acids is 1. The van der Waals surface area contributed by atoms with Gasteiger partial charge < -0.3 is 20.6 Å². The van der Waals surface area contributed by atoms with E-state index in [1.54, 1.807) is 14.1 Å². The van der Waals surface area contributed by atoms with Crippen LogP contribution in [0.5, 0.6) is 0 Å². The summed E-state index contributed by atoms with van der Waals surface area (Å²) in [5.41, 5.74) is 1.02. The van der Waals surface area contributed by atoms with E-state index in [1.165, 1.54) is 4.90 Å². The fraction of sp³-hybridized carbons (Fsp3) is 0.471. The van der Waals surface area contributed by atoms with Crippen LogP contribution < -0.4 is 10.6 Å². The van der Waals surface area contributed by atoms with Crippen LogP contribution in [-0.2, 0) is 16.0 Å². The lowest BCUT2D eigenvalue weighted by molar-refractivity contribution is -0.137. The van der Waals surface area contributed by atoms with Gasteiger partial charge in [0.15, 0.2) is 0 Å². The standard InChI is InChI=1S/C17H25N3O4/c1-20(2)15(21)10-11-18-17(24)19-14(8-9-16(22)23)12-13-6-4-3-5-7-13/h3-7,14H,8-12H2,1-2H3,(H,22,23)(H2,18,19,24). The molecule has 0 radical (unpaired) electrons. The van der Waals surface area contributed by atoms with Crippen LogP contribution in [0.4, 0.5) is 4.79 Å². The van der Waals surface area contributed by atoms with Crippen molar-refractivity contribution in [3.05, 3.63) is 35.9 Å². The van der Waals surface area contributed by atoms with Crippen LogP contribution in [0.25, 0.3) is 0 Å². The van der Waals surface area contributed by atoms with Crippen LogP contribution in [0, 0.1) is 0 Å². The molecule has 3 N–H and O–H groups in total. The summed E-state index contributed by atoms with van der Waals surface area (Å²) in [6, 6.07) is 8.89. The molecule has 0 saturated carbocycles. The van der Waals surface area contributed by atoms with Gasteiger partial charge in [0.2, 0.25) is 5.91 Å². The lowest BCUT2D eigenvalue weighted by Gasteiger charge is -2.19.